The van der Waals surface area contributed by atoms with Gasteiger partial charge in [-0.05, 0) is 31.4 Å². The van der Waals surface area contributed by atoms with E-state index in [2.05, 4.69) is 10.1 Å². The molecule has 0 unspecified atom stereocenters. The van der Waals surface area contributed by atoms with Crippen molar-refractivity contribution in [3.8, 4) is 0 Å². The van der Waals surface area contributed by atoms with Crippen molar-refractivity contribution >= 4 is 17.4 Å². The molecule has 2 heterocycles. The molecular weight excluding hydrogens is 236 g/mol. The van der Waals surface area contributed by atoms with E-state index in [9.17, 15) is 0 Å². The summed E-state index contributed by atoms with van der Waals surface area (Å²) in [6.45, 7) is 1.97. The van der Waals surface area contributed by atoms with Gasteiger partial charge in [0.25, 0.3) is 0 Å². The SMILES string of the molecule is Cc1nn(C)c(Cl)c1CCc1cccnc1N. The van der Waals surface area contributed by atoms with Gasteiger partial charge >= 0.3 is 0 Å². The van der Waals surface area contributed by atoms with E-state index in [1.54, 1.807) is 10.9 Å². The average Bonchev–Trinajstić information content (AvgIpc) is 2.53. The lowest BCUT2D eigenvalue weighted by Crippen LogP contribution is -1.99. The summed E-state index contributed by atoms with van der Waals surface area (Å²) in [5.74, 6) is 0.588. The minimum Gasteiger partial charge on any atom is -0.383 e. The number of aromatic nitrogens is 3. The Morgan fingerprint density at radius 2 is 2.18 bits per heavy atom. The van der Waals surface area contributed by atoms with Crippen molar-refractivity contribution in [3.05, 3.63) is 40.3 Å². The van der Waals surface area contributed by atoms with Crippen molar-refractivity contribution in [1.29, 1.82) is 0 Å². The van der Waals surface area contributed by atoms with Gasteiger partial charge in [-0.25, -0.2) is 4.98 Å². The molecule has 0 atom stereocenters. The second-order valence-electron chi connectivity index (χ2n) is 4.03. The molecule has 0 saturated carbocycles. The van der Waals surface area contributed by atoms with Gasteiger partial charge in [-0.15, -0.1) is 0 Å². The summed E-state index contributed by atoms with van der Waals surface area (Å²) in [5.41, 5.74) is 8.90. The molecule has 0 aliphatic rings. The first kappa shape index (κ1) is 11.9. The molecule has 90 valence electrons. The highest BCUT2D eigenvalue weighted by Crippen LogP contribution is 2.21. The van der Waals surface area contributed by atoms with E-state index >= 15 is 0 Å². The maximum Gasteiger partial charge on any atom is 0.130 e. The van der Waals surface area contributed by atoms with Crippen LogP contribution in [0.4, 0.5) is 5.82 Å². The lowest BCUT2D eigenvalue weighted by Gasteiger charge is -2.04. The fourth-order valence-corrected chi connectivity index (χ4v) is 2.15. The molecule has 0 aliphatic heterocycles. The number of halogens is 1. The third-order valence-corrected chi connectivity index (χ3v) is 3.31. The summed E-state index contributed by atoms with van der Waals surface area (Å²) in [6.07, 6.45) is 3.35. The molecule has 17 heavy (non-hydrogen) atoms. The van der Waals surface area contributed by atoms with Crippen LogP contribution < -0.4 is 5.73 Å². The van der Waals surface area contributed by atoms with Gasteiger partial charge in [0.05, 0.1) is 5.69 Å². The Bertz CT molecular complexity index is 533. The highest BCUT2D eigenvalue weighted by Gasteiger charge is 2.11. The smallest absolute Gasteiger partial charge is 0.130 e. The predicted octanol–water partition coefficient (Wildman–Crippen LogP) is 2.14. The molecule has 0 aliphatic carbocycles. The summed E-state index contributed by atoms with van der Waals surface area (Å²) in [7, 11) is 1.84. The number of pyridine rings is 1. The summed E-state index contributed by atoms with van der Waals surface area (Å²) in [6, 6.07) is 3.88. The monoisotopic (exact) mass is 250 g/mol. The molecule has 0 spiro atoms. The number of aryl methyl sites for hydroxylation is 3. The molecule has 2 rings (SSSR count). The number of nitrogen functional groups attached to an aromatic ring is 1. The Balaban J connectivity index is 2.15. The lowest BCUT2D eigenvalue weighted by atomic mass is 10.1. The largest absolute Gasteiger partial charge is 0.383 e. The van der Waals surface area contributed by atoms with Crippen LogP contribution >= 0.6 is 11.6 Å². The lowest BCUT2D eigenvalue weighted by molar-refractivity contribution is 0.757. The number of hydrogen-bond donors (Lipinski definition) is 1. The van der Waals surface area contributed by atoms with Crippen molar-refractivity contribution < 1.29 is 0 Å². The summed E-state index contributed by atoms with van der Waals surface area (Å²) in [4.78, 5) is 4.07. The van der Waals surface area contributed by atoms with E-state index < -0.39 is 0 Å². The quantitative estimate of drug-likeness (QED) is 0.908. The van der Waals surface area contributed by atoms with Gasteiger partial charge in [-0.3, -0.25) is 4.68 Å². The fourth-order valence-electron chi connectivity index (χ4n) is 1.88. The van der Waals surface area contributed by atoms with Gasteiger partial charge in [-0.2, -0.15) is 5.10 Å². The van der Waals surface area contributed by atoms with Gasteiger partial charge in [0.15, 0.2) is 0 Å². The van der Waals surface area contributed by atoms with Crippen LogP contribution in [-0.4, -0.2) is 14.8 Å². The number of nitrogens with zero attached hydrogens (tertiary/aromatic N) is 3. The molecule has 2 N–H and O–H groups in total. The second-order valence-corrected chi connectivity index (χ2v) is 4.38. The minimum absolute atomic E-state index is 0.588. The second kappa shape index (κ2) is 4.75. The van der Waals surface area contributed by atoms with E-state index in [-0.39, 0.29) is 0 Å². The van der Waals surface area contributed by atoms with Gasteiger partial charge in [0, 0.05) is 18.8 Å². The van der Waals surface area contributed by atoms with Crippen LogP contribution in [0.25, 0.3) is 0 Å². The zero-order chi connectivity index (χ0) is 12.4. The van der Waals surface area contributed by atoms with Gasteiger partial charge in [-0.1, -0.05) is 17.7 Å². The number of hydrogen-bond acceptors (Lipinski definition) is 3. The fraction of sp³-hybridized carbons (Fsp3) is 0.333. The van der Waals surface area contributed by atoms with Crippen LogP contribution in [0.5, 0.6) is 0 Å². The zero-order valence-electron chi connectivity index (χ0n) is 9.94. The molecular formula is C12H15ClN4. The number of nitrogens with two attached hydrogens (primary N) is 1. The normalized spacial score (nSPS) is 10.8. The number of anilines is 1. The van der Waals surface area contributed by atoms with Crippen LogP contribution in [0.2, 0.25) is 5.15 Å². The number of rotatable bonds is 3. The van der Waals surface area contributed by atoms with Crippen molar-refractivity contribution in [1.82, 2.24) is 14.8 Å². The Morgan fingerprint density at radius 3 is 2.76 bits per heavy atom. The molecule has 2 aromatic heterocycles. The van der Waals surface area contributed by atoms with Crippen molar-refractivity contribution in [3.63, 3.8) is 0 Å². The first-order valence-corrected chi connectivity index (χ1v) is 5.84. The van der Waals surface area contributed by atoms with E-state index in [1.165, 1.54) is 0 Å². The van der Waals surface area contributed by atoms with Gasteiger partial charge < -0.3 is 5.73 Å². The first-order valence-electron chi connectivity index (χ1n) is 5.47. The summed E-state index contributed by atoms with van der Waals surface area (Å²) < 4.78 is 1.69. The van der Waals surface area contributed by atoms with Crippen molar-refractivity contribution in [2.75, 3.05) is 5.73 Å². The molecule has 0 radical (unpaired) electrons. The third-order valence-electron chi connectivity index (χ3n) is 2.84. The van der Waals surface area contributed by atoms with Crippen molar-refractivity contribution in [2.24, 2.45) is 7.05 Å². The molecule has 4 nitrogen and oxygen atoms in total. The molecule has 0 bridgehead atoms. The van der Waals surface area contributed by atoms with E-state index in [0.717, 1.165) is 29.7 Å². The maximum absolute atomic E-state index is 6.17. The highest BCUT2D eigenvalue weighted by atomic mass is 35.5. The van der Waals surface area contributed by atoms with Crippen LogP contribution in [0.1, 0.15) is 16.8 Å². The maximum atomic E-state index is 6.17. The van der Waals surface area contributed by atoms with Crippen LogP contribution in [-0.2, 0) is 19.9 Å². The first-order chi connectivity index (χ1) is 8.09. The van der Waals surface area contributed by atoms with Crippen LogP contribution in [0.15, 0.2) is 18.3 Å². The standard InChI is InChI=1S/C12H15ClN4/c1-8-10(11(13)17(2)16-8)6-5-9-4-3-7-15-12(9)14/h3-4,7H,5-6H2,1-2H3,(H2,14,15). The Hall–Kier alpha value is -1.55. The highest BCUT2D eigenvalue weighted by molar-refractivity contribution is 6.30. The van der Waals surface area contributed by atoms with E-state index in [4.69, 9.17) is 17.3 Å². The molecule has 0 amide bonds. The Kier molecular flexibility index (Phi) is 3.33. The Morgan fingerprint density at radius 1 is 1.41 bits per heavy atom. The molecule has 5 heteroatoms. The topological polar surface area (TPSA) is 56.7 Å². The van der Waals surface area contributed by atoms with Crippen LogP contribution in [0, 0.1) is 6.92 Å². The minimum atomic E-state index is 0.588. The van der Waals surface area contributed by atoms with E-state index in [0.29, 0.717) is 11.0 Å². The predicted molar refractivity (Wildman–Crippen MR) is 69.0 cm³/mol. The van der Waals surface area contributed by atoms with Gasteiger partial charge in [0.1, 0.15) is 11.0 Å². The average molecular weight is 251 g/mol. The van der Waals surface area contributed by atoms with Crippen LogP contribution in [0.3, 0.4) is 0 Å². The van der Waals surface area contributed by atoms with E-state index in [1.807, 2.05) is 26.1 Å². The summed E-state index contributed by atoms with van der Waals surface area (Å²) in [5, 5.41) is 4.98. The van der Waals surface area contributed by atoms with Gasteiger partial charge in [0.2, 0.25) is 0 Å². The summed E-state index contributed by atoms with van der Waals surface area (Å²) >= 11 is 6.17. The zero-order valence-corrected chi connectivity index (χ0v) is 10.7. The molecule has 0 saturated heterocycles. The molecule has 0 fully saturated rings. The third kappa shape index (κ3) is 2.42. The molecule has 0 aromatic carbocycles. The molecule has 2 aromatic rings. The van der Waals surface area contributed by atoms with Crippen molar-refractivity contribution in [2.45, 2.75) is 19.8 Å². The Labute approximate surface area is 105 Å².